The van der Waals surface area contributed by atoms with Crippen molar-refractivity contribution in [1.82, 2.24) is 40.4 Å². The highest BCUT2D eigenvalue weighted by Crippen LogP contribution is 2.42. The number of benzene rings is 4. The summed E-state index contributed by atoms with van der Waals surface area (Å²) < 4.78 is 127. The number of rotatable bonds is 31. The number of likely N-dealkylation sites (tertiary alicyclic amines) is 2. The van der Waals surface area contributed by atoms with Gasteiger partial charge in [0.1, 0.15) is 17.0 Å². The molecule has 20 nitrogen and oxygen atoms in total. The molecule has 1 unspecified atom stereocenters. The number of nitrogens with zero attached hydrogens (tertiary/aromatic N) is 5. The van der Waals surface area contributed by atoms with E-state index < -0.39 is 101 Å². The third kappa shape index (κ3) is 22.2. The van der Waals surface area contributed by atoms with Gasteiger partial charge >= 0.3 is 5.51 Å². The first-order valence-electron chi connectivity index (χ1n) is 35.8. The third-order valence-electron chi connectivity index (χ3n) is 20.2. The van der Waals surface area contributed by atoms with E-state index in [-0.39, 0.29) is 72.4 Å². The molecule has 0 bridgehead atoms. The van der Waals surface area contributed by atoms with Gasteiger partial charge in [-0.3, -0.25) is 28.9 Å². The van der Waals surface area contributed by atoms with Crippen LogP contribution in [0.5, 0.6) is 0 Å². The van der Waals surface area contributed by atoms with E-state index in [1.807, 2.05) is 93.9 Å². The van der Waals surface area contributed by atoms with Crippen molar-refractivity contribution < 1.29 is 67.9 Å². The molecule has 5 amide bonds. The third-order valence-corrected chi connectivity index (χ3v) is 25.2. The second-order valence-corrected chi connectivity index (χ2v) is 35.4. The van der Waals surface area contributed by atoms with E-state index in [0.717, 1.165) is 70.2 Å². The molecule has 0 spiro atoms. The zero-order valence-electron chi connectivity index (χ0n) is 60.7. The molecule has 4 aromatic carbocycles. The van der Waals surface area contributed by atoms with Crippen molar-refractivity contribution in [1.29, 1.82) is 0 Å². The molecule has 3 aliphatic heterocycles. The van der Waals surface area contributed by atoms with Crippen molar-refractivity contribution in [3.8, 4) is 10.4 Å². The van der Waals surface area contributed by atoms with Gasteiger partial charge in [0.2, 0.25) is 23.6 Å². The molecule has 5 atom stereocenters. The number of aliphatic hydroxyl groups excluding tert-OH is 1. The number of thioether (sulfide) groups is 1. The number of nitrogens with one attached hydrogen (secondary N) is 5. The number of amides is 5. The van der Waals surface area contributed by atoms with Gasteiger partial charge in [-0.2, -0.15) is 13.2 Å². The number of sulfonamides is 1. The summed E-state index contributed by atoms with van der Waals surface area (Å²) in [6, 6.07) is 22.4. The molecule has 4 aliphatic rings. The first-order valence-corrected chi connectivity index (χ1v) is 40.7. The Hall–Kier alpha value is -7.28. The van der Waals surface area contributed by atoms with Crippen molar-refractivity contribution in [2.45, 2.75) is 182 Å². The van der Waals surface area contributed by atoms with Gasteiger partial charge in [0.15, 0.2) is 0 Å². The number of aryl methyl sites for hydroxylation is 1. The van der Waals surface area contributed by atoms with Crippen molar-refractivity contribution >= 4 is 83.9 Å². The lowest BCUT2D eigenvalue weighted by Crippen LogP contribution is -2.57. The summed E-state index contributed by atoms with van der Waals surface area (Å²) in [4.78, 5) is 80.5. The average Bonchev–Trinajstić information content (AvgIpc) is 1.32. The second-order valence-electron chi connectivity index (χ2n) is 29.9. The van der Waals surface area contributed by atoms with Crippen LogP contribution in [0.4, 0.5) is 33.3 Å². The number of β-amino-alcohol motifs (C(OH)–C–C–N with tert-alkyl or cyclic N) is 1. The topological polar surface area (TPSA) is 260 Å². The van der Waals surface area contributed by atoms with Crippen LogP contribution < -0.4 is 30.9 Å². The zero-order chi connectivity index (χ0) is 76.2. The summed E-state index contributed by atoms with van der Waals surface area (Å²) in [5.41, 5.74) is 0.707. The minimum absolute atomic E-state index is 0.0390. The minimum atomic E-state index is -6.20. The number of carbonyl (C=O) groups is 5. The van der Waals surface area contributed by atoms with E-state index in [4.69, 9.17) is 0 Å². The van der Waals surface area contributed by atoms with Crippen LogP contribution in [0, 0.1) is 23.7 Å². The molecule has 3 saturated heterocycles. The molecule has 29 heteroatoms. The van der Waals surface area contributed by atoms with Gasteiger partial charge in [0, 0.05) is 99.1 Å². The van der Waals surface area contributed by atoms with Crippen LogP contribution in [0.2, 0.25) is 0 Å². The van der Waals surface area contributed by atoms with Gasteiger partial charge in [-0.05, 0) is 173 Å². The minimum Gasteiger partial charge on any atom is -0.391 e. The van der Waals surface area contributed by atoms with Gasteiger partial charge in [-0.25, -0.2) is 35.3 Å². The summed E-state index contributed by atoms with van der Waals surface area (Å²) in [5, 5.41) is 22.6. The molecule has 1 aromatic heterocycles. The standard InChI is InChI=1S/C76H99F5N10O10S4/c1-49(69(77)78)17-18-56-44-75(7,8)33-29-57(56)45-89-38-40-90(41-39-89)59-25-23-54(24-26-59)71(95)87-105(100,101)62-27-28-63(65(43-62)104(98,99)76(79,80)81)85-58(47-102-61-14-10-9-11-15-61)32-37-88-35-30-55(31-36-88)70(94)82-34-13-12-16-66(93)86-68(74(4,5)6)73(97)91-46-60(92)42-64(91)72(96)84-50(2)52-19-21-53(22-20-52)67-51(3)83-48-103-67/h9-11,14-15,19-28,43,48,50,55,58,60,64,68-69,85,92H,1,12-13,16-18,29-42,44-47H2,2-8H3,(H,82,94)(H,84,96)(H,86,93)(H,87,95)/t50-,58+,60+,64-,68?/m0/s1. The lowest BCUT2D eigenvalue weighted by atomic mass is 9.73. The molecular weight excluding hydrogens is 1440 g/mol. The normalized spacial score (nSPS) is 18.9. The monoisotopic (exact) mass is 1530 g/mol. The Kier molecular flexibility index (Phi) is 27.7. The Morgan fingerprint density at radius 3 is 2.15 bits per heavy atom. The maximum atomic E-state index is 14.6. The average molecular weight is 1540 g/mol. The highest BCUT2D eigenvalue weighted by atomic mass is 32.2. The van der Waals surface area contributed by atoms with Crippen LogP contribution in [-0.4, -0.2) is 179 Å². The quantitative estimate of drug-likeness (QED) is 0.0104. The summed E-state index contributed by atoms with van der Waals surface area (Å²) in [6.07, 6.45) is 2.28. The van der Waals surface area contributed by atoms with Crippen LogP contribution in [0.1, 0.15) is 146 Å². The zero-order valence-corrected chi connectivity index (χ0v) is 64.0. The predicted molar refractivity (Wildman–Crippen MR) is 400 cm³/mol. The lowest BCUT2D eigenvalue weighted by Gasteiger charge is -2.39. The van der Waals surface area contributed by atoms with Crippen LogP contribution in [0.3, 0.4) is 0 Å². The van der Waals surface area contributed by atoms with Gasteiger partial charge in [-0.1, -0.05) is 94.8 Å². The number of hydrogen-bond donors (Lipinski definition) is 6. The predicted octanol–water partition coefficient (Wildman–Crippen LogP) is 12.1. The van der Waals surface area contributed by atoms with E-state index in [1.165, 1.54) is 39.9 Å². The number of alkyl halides is 5. The highest BCUT2D eigenvalue weighted by molar-refractivity contribution is 7.99. The maximum Gasteiger partial charge on any atom is 0.501 e. The summed E-state index contributed by atoms with van der Waals surface area (Å²) in [7, 11) is -11.2. The smallest absolute Gasteiger partial charge is 0.391 e. The van der Waals surface area contributed by atoms with Crippen LogP contribution in [0.15, 0.2) is 141 Å². The highest BCUT2D eigenvalue weighted by Gasteiger charge is 2.49. The summed E-state index contributed by atoms with van der Waals surface area (Å²) in [6.45, 7) is 22.2. The molecule has 572 valence electrons. The number of aliphatic hydroxyl groups is 1. The van der Waals surface area contributed by atoms with Gasteiger partial charge in [0.25, 0.3) is 32.2 Å². The number of carbonyl (C=O) groups excluding carboxylic acids is 5. The first kappa shape index (κ1) is 81.8. The number of aromatic nitrogens is 1. The van der Waals surface area contributed by atoms with Crippen LogP contribution in [0.25, 0.3) is 10.4 Å². The van der Waals surface area contributed by atoms with Gasteiger partial charge in [-0.15, -0.1) is 23.1 Å². The van der Waals surface area contributed by atoms with E-state index in [9.17, 15) is 67.9 Å². The molecule has 105 heavy (non-hydrogen) atoms. The number of piperidine rings is 1. The molecule has 9 rings (SSSR count). The van der Waals surface area contributed by atoms with Crippen molar-refractivity contribution in [3.63, 3.8) is 0 Å². The van der Waals surface area contributed by atoms with Crippen molar-refractivity contribution in [3.05, 3.63) is 143 Å². The Bertz CT molecular complexity index is 4120. The number of hydrogen-bond acceptors (Lipinski definition) is 17. The van der Waals surface area contributed by atoms with Crippen LogP contribution in [-0.2, 0) is 39.0 Å². The Morgan fingerprint density at radius 2 is 1.51 bits per heavy atom. The molecule has 3 fully saturated rings. The maximum absolute atomic E-state index is 14.6. The number of piperazine rings is 1. The molecule has 0 radical (unpaired) electrons. The van der Waals surface area contributed by atoms with E-state index in [1.54, 1.807) is 29.0 Å². The van der Waals surface area contributed by atoms with Crippen molar-refractivity contribution in [2.75, 3.05) is 81.4 Å². The largest absolute Gasteiger partial charge is 0.501 e. The van der Waals surface area contributed by atoms with E-state index >= 15 is 0 Å². The lowest BCUT2D eigenvalue weighted by molar-refractivity contribution is -0.144. The Morgan fingerprint density at radius 1 is 0.829 bits per heavy atom. The second kappa shape index (κ2) is 35.6. The molecule has 6 N–H and O–H groups in total. The molecule has 5 aromatic rings. The SMILES string of the molecule is C=C(CCC1=C(CN2CCN(c3ccc(C(=O)NS(=O)(=O)c4ccc(N[C@H](CCN5CCC(C(=O)NCCCCC(=O)NC(C(=O)N6C[C@H](O)C[C@H]6C(=O)N[C@@H](C)c6ccc(-c7scnc7C)cc6)C(C)(C)C)CC5)CSc5ccccc5)c(S(=O)(=O)C(F)(F)F)c4)cc3)CC2)CCC(C)(C)C1)C(F)F. The fourth-order valence-corrected chi connectivity index (χ4v) is 17.7. The Labute approximate surface area is 622 Å². The molecule has 0 saturated carbocycles. The number of sulfone groups is 1. The van der Waals surface area contributed by atoms with E-state index in [2.05, 4.69) is 61.4 Å². The van der Waals surface area contributed by atoms with Gasteiger partial charge < -0.3 is 41.1 Å². The van der Waals surface area contributed by atoms with Gasteiger partial charge in [0.05, 0.1) is 38.8 Å². The van der Waals surface area contributed by atoms with Crippen molar-refractivity contribution in [2.24, 2.45) is 16.7 Å². The number of thiazole rings is 1. The number of unbranched alkanes of at least 4 members (excludes halogenated alkanes) is 1. The van der Waals surface area contributed by atoms with Crippen LogP contribution >= 0.6 is 23.1 Å². The fourth-order valence-electron chi connectivity index (χ4n) is 13.9. The molecule has 4 heterocycles. The molecule has 1 aliphatic carbocycles. The van der Waals surface area contributed by atoms with E-state index in [0.29, 0.717) is 90.4 Å². The number of halogens is 5. The number of anilines is 2. The number of allylic oxidation sites excluding steroid dienone is 2. The fraction of sp³-hybridized carbons (Fsp3) is 0.526. The summed E-state index contributed by atoms with van der Waals surface area (Å²) in [5.74, 6) is -2.61. The Balaban J connectivity index is 0.742. The summed E-state index contributed by atoms with van der Waals surface area (Å²) >= 11 is 2.92. The molecular formula is C76H99F5N10O10S4. The first-order chi connectivity index (χ1) is 49.5.